The zero-order chi connectivity index (χ0) is 24.9. The molecule has 0 aliphatic carbocycles. The molecule has 3 aromatic carbocycles. The number of hydrogen-bond acceptors (Lipinski definition) is 6. The Labute approximate surface area is 217 Å². The summed E-state index contributed by atoms with van der Waals surface area (Å²) in [7, 11) is 0. The predicted molar refractivity (Wildman–Crippen MR) is 149 cm³/mol. The number of carbonyl (C=O) groups excluding carboxylic acids is 1. The Hall–Kier alpha value is -4.34. The maximum absolute atomic E-state index is 13.0. The molecule has 0 atom stereocenters. The van der Waals surface area contributed by atoms with Gasteiger partial charge >= 0.3 is 0 Å². The number of carbonyl (C=O) groups is 1. The van der Waals surface area contributed by atoms with Crippen LogP contribution in [0.1, 0.15) is 15.2 Å². The summed E-state index contributed by atoms with van der Waals surface area (Å²) in [6.45, 7) is 0.534. The molecule has 1 amide bonds. The summed E-state index contributed by atoms with van der Waals surface area (Å²) in [6, 6.07) is 29.5. The van der Waals surface area contributed by atoms with E-state index < -0.39 is 5.91 Å². The van der Waals surface area contributed by atoms with Crippen molar-refractivity contribution in [2.75, 3.05) is 5.73 Å². The Morgan fingerprint density at radius 1 is 0.833 bits per heavy atom. The molecule has 0 bridgehead atoms. The Morgan fingerprint density at radius 2 is 1.44 bits per heavy atom. The molecule has 0 radical (unpaired) electrons. The minimum absolute atomic E-state index is 0.294. The van der Waals surface area contributed by atoms with E-state index in [1.54, 1.807) is 0 Å². The Kier molecular flexibility index (Phi) is 6.83. The van der Waals surface area contributed by atoms with E-state index in [1.807, 2.05) is 91.0 Å². The average Bonchev–Trinajstić information content (AvgIpc) is 3.28. The molecule has 0 saturated carbocycles. The fraction of sp³-hybridized carbons (Fsp3) is 0.0370. The first kappa shape index (κ1) is 23.4. The van der Waals surface area contributed by atoms with Crippen LogP contribution in [-0.2, 0) is 6.54 Å². The van der Waals surface area contributed by atoms with Crippen LogP contribution in [0.2, 0.25) is 0 Å². The first-order chi connectivity index (χ1) is 17.6. The van der Waals surface area contributed by atoms with Crippen molar-refractivity contribution in [2.24, 2.45) is 0 Å². The van der Waals surface area contributed by atoms with Gasteiger partial charge in [-0.25, -0.2) is 0 Å². The predicted octanol–water partition coefficient (Wildman–Crippen LogP) is 4.92. The maximum Gasteiger partial charge on any atom is 0.281 e. The summed E-state index contributed by atoms with van der Waals surface area (Å²) < 4.78 is 0. The van der Waals surface area contributed by atoms with Gasteiger partial charge in [-0.3, -0.25) is 15.6 Å². The number of anilines is 1. The van der Waals surface area contributed by atoms with Crippen LogP contribution < -0.4 is 21.9 Å². The minimum atomic E-state index is -0.403. The molecule has 2 aromatic heterocycles. The molecule has 5 rings (SSSR count). The van der Waals surface area contributed by atoms with E-state index in [4.69, 9.17) is 18.0 Å². The Balaban J connectivity index is 1.43. The highest BCUT2D eigenvalue weighted by Crippen LogP contribution is 2.42. The van der Waals surface area contributed by atoms with Crippen LogP contribution in [0.5, 0.6) is 0 Å². The van der Waals surface area contributed by atoms with Crippen LogP contribution in [0.15, 0.2) is 91.0 Å². The fourth-order valence-electron chi connectivity index (χ4n) is 3.85. The van der Waals surface area contributed by atoms with Gasteiger partial charge < -0.3 is 11.1 Å². The highest BCUT2D eigenvalue weighted by atomic mass is 32.1. The zero-order valence-corrected chi connectivity index (χ0v) is 20.7. The van der Waals surface area contributed by atoms with Gasteiger partial charge in [0.25, 0.3) is 5.91 Å². The van der Waals surface area contributed by atoms with E-state index in [0.29, 0.717) is 38.1 Å². The fourth-order valence-corrected chi connectivity index (χ4v) is 4.92. The summed E-state index contributed by atoms with van der Waals surface area (Å²) in [5.74, 6) is -0.403. The number of thiocarbonyl (C=S) groups is 1. The number of nitrogens with one attached hydrogen (secondary N) is 3. The number of rotatable bonds is 5. The largest absolute Gasteiger partial charge is 0.397 e. The molecule has 0 spiro atoms. The number of thiophene rings is 1. The zero-order valence-electron chi connectivity index (χ0n) is 19.1. The van der Waals surface area contributed by atoms with Crippen molar-refractivity contribution in [3.05, 3.63) is 101 Å². The molecular formula is C27H22N6OS2. The second kappa shape index (κ2) is 10.5. The van der Waals surface area contributed by atoms with E-state index in [0.717, 1.165) is 22.3 Å². The molecule has 0 aliphatic rings. The van der Waals surface area contributed by atoms with Gasteiger partial charge in [0.15, 0.2) is 5.11 Å². The molecule has 36 heavy (non-hydrogen) atoms. The number of nitrogens with two attached hydrogens (primary N) is 1. The summed E-state index contributed by atoms with van der Waals surface area (Å²) in [5, 5.41) is 13.0. The van der Waals surface area contributed by atoms with Gasteiger partial charge in [0.1, 0.15) is 15.4 Å². The Bertz CT molecular complexity index is 1520. The standard InChI is InChI=1S/C27H22N6OS2/c28-22-21-20(18-12-6-2-7-13-18)23(19-14-8-3-9-15-19)30-32-26(21)36-24(22)25(34)31-33-27(35)29-16-17-10-4-1-5-11-17/h1-15H,16,28H2,(H,31,34)(H2,29,33,35). The highest BCUT2D eigenvalue weighted by Gasteiger charge is 2.23. The van der Waals surface area contributed by atoms with E-state index >= 15 is 0 Å². The van der Waals surface area contributed by atoms with Crippen molar-refractivity contribution < 1.29 is 4.79 Å². The lowest BCUT2D eigenvalue weighted by molar-refractivity contribution is 0.0948. The quantitative estimate of drug-likeness (QED) is 0.197. The second-order valence-electron chi connectivity index (χ2n) is 7.93. The third kappa shape index (κ3) is 4.88. The highest BCUT2D eigenvalue weighted by molar-refractivity contribution is 7.80. The molecule has 0 fully saturated rings. The number of nitrogens with zero attached hydrogens (tertiary/aromatic N) is 2. The Morgan fingerprint density at radius 3 is 2.11 bits per heavy atom. The lowest BCUT2D eigenvalue weighted by Gasteiger charge is -2.12. The molecule has 2 heterocycles. The normalized spacial score (nSPS) is 10.7. The number of aromatic nitrogens is 2. The molecular weight excluding hydrogens is 488 g/mol. The molecule has 0 unspecified atom stereocenters. The first-order valence-electron chi connectivity index (χ1n) is 11.2. The molecule has 7 nitrogen and oxygen atoms in total. The molecule has 5 aromatic rings. The number of amides is 1. The van der Waals surface area contributed by atoms with Crippen molar-refractivity contribution >= 4 is 50.5 Å². The van der Waals surface area contributed by atoms with Crippen molar-refractivity contribution in [1.82, 2.24) is 26.4 Å². The number of nitrogen functional groups attached to an aromatic ring is 1. The number of hydrogen-bond donors (Lipinski definition) is 4. The van der Waals surface area contributed by atoms with Gasteiger partial charge in [-0.2, -0.15) is 0 Å². The minimum Gasteiger partial charge on any atom is -0.397 e. The van der Waals surface area contributed by atoms with E-state index in [-0.39, 0.29) is 0 Å². The smallest absolute Gasteiger partial charge is 0.281 e. The lowest BCUT2D eigenvalue weighted by atomic mass is 9.96. The van der Waals surface area contributed by atoms with Gasteiger partial charge in [-0.15, -0.1) is 21.5 Å². The maximum atomic E-state index is 13.0. The van der Waals surface area contributed by atoms with Crippen LogP contribution in [0.3, 0.4) is 0 Å². The van der Waals surface area contributed by atoms with Crippen molar-refractivity contribution in [3.8, 4) is 22.4 Å². The molecule has 9 heteroatoms. The molecule has 178 valence electrons. The molecule has 0 aliphatic heterocycles. The van der Waals surface area contributed by atoms with Crippen molar-refractivity contribution in [1.29, 1.82) is 0 Å². The molecule has 5 N–H and O–H groups in total. The number of benzene rings is 3. The number of hydrazine groups is 1. The van der Waals surface area contributed by atoms with Gasteiger partial charge in [0.05, 0.1) is 5.69 Å². The first-order valence-corrected chi connectivity index (χ1v) is 12.4. The summed E-state index contributed by atoms with van der Waals surface area (Å²) >= 11 is 6.48. The third-order valence-electron chi connectivity index (χ3n) is 5.56. The number of fused-ring (bicyclic) bond motifs is 1. The van der Waals surface area contributed by atoms with Crippen LogP contribution in [0, 0.1) is 0 Å². The second-order valence-corrected chi connectivity index (χ2v) is 9.34. The third-order valence-corrected chi connectivity index (χ3v) is 6.89. The van der Waals surface area contributed by atoms with Gasteiger partial charge in [-0.1, -0.05) is 91.0 Å². The van der Waals surface area contributed by atoms with E-state index in [1.165, 1.54) is 11.3 Å². The van der Waals surface area contributed by atoms with Gasteiger partial charge in [0.2, 0.25) is 0 Å². The topological polar surface area (TPSA) is 105 Å². The SMILES string of the molecule is Nc1c(C(=O)NNC(=S)NCc2ccccc2)sc2nnc(-c3ccccc3)c(-c3ccccc3)c12. The van der Waals surface area contributed by atoms with E-state index in [9.17, 15) is 4.79 Å². The van der Waals surface area contributed by atoms with Crippen LogP contribution in [-0.4, -0.2) is 21.2 Å². The summed E-state index contributed by atoms with van der Waals surface area (Å²) in [4.78, 5) is 14.0. The van der Waals surface area contributed by atoms with Crippen LogP contribution >= 0.6 is 23.6 Å². The van der Waals surface area contributed by atoms with Crippen LogP contribution in [0.25, 0.3) is 32.6 Å². The summed E-state index contributed by atoms with van der Waals surface area (Å²) in [6.07, 6.45) is 0. The van der Waals surface area contributed by atoms with Crippen molar-refractivity contribution in [3.63, 3.8) is 0 Å². The molecule has 0 saturated heterocycles. The monoisotopic (exact) mass is 510 g/mol. The van der Waals surface area contributed by atoms with Crippen molar-refractivity contribution in [2.45, 2.75) is 6.54 Å². The van der Waals surface area contributed by atoms with Gasteiger partial charge in [-0.05, 0) is 23.3 Å². The lowest BCUT2D eigenvalue weighted by Crippen LogP contribution is -2.46. The van der Waals surface area contributed by atoms with Crippen LogP contribution in [0.4, 0.5) is 5.69 Å². The van der Waals surface area contributed by atoms with E-state index in [2.05, 4.69) is 26.4 Å². The summed E-state index contributed by atoms with van der Waals surface area (Å²) in [5.41, 5.74) is 16.8. The average molecular weight is 511 g/mol. The van der Waals surface area contributed by atoms with Gasteiger partial charge in [0, 0.05) is 23.1 Å².